The minimum absolute atomic E-state index is 0.232. The largest absolute Gasteiger partial charge is 0.506 e. The van der Waals surface area contributed by atoms with Gasteiger partial charge in [0.1, 0.15) is 5.75 Å². The highest BCUT2D eigenvalue weighted by atomic mass is 16.5. The van der Waals surface area contributed by atoms with Crippen LogP contribution in [-0.4, -0.2) is 60.9 Å². The standard InChI is InChI=1S/C18H30N4O2/c1-4-24-11-7-10-19-18(21-16-8-5-6-9-17(16)23)22-12-14(2)20-15(3)13-22/h5-6,8-9,14-15,20,23H,4,7,10-13H2,1-3H3,(H,19,21). The number of para-hydroxylation sites is 2. The molecular formula is C18H30N4O2. The van der Waals surface area contributed by atoms with Crippen LogP contribution in [0.3, 0.4) is 0 Å². The van der Waals surface area contributed by atoms with E-state index in [0.29, 0.717) is 24.3 Å². The van der Waals surface area contributed by atoms with E-state index in [1.54, 1.807) is 6.07 Å². The molecule has 0 radical (unpaired) electrons. The maximum atomic E-state index is 10.0. The average molecular weight is 334 g/mol. The van der Waals surface area contributed by atoms with Crippen LogP contribution in [0, 0.1) is 0 Å². The first kappa shape index (κ1) is 18.5. The van der Waals surface area contributed by atoms with Crippen molar-refractivity contribution in [1.82, 2.24) is 10.2 Å². The van der Waals surface area contributed by atoms with Crippen LogP contribution < -0.4 is 10.6 Å². The molecular weight excluding hydrogens is 304 g/mol. The summed E-state index contributed by atoms with van der Waals surface area (Å²) in [5, 5.41) is 16.9. The molecule has 0 amide bonds. The number of guanidine groups is 1. The predicted octanol–water partition coefficient (Wildman–Crippen LogP) is 2.27. The molecule has 3 N–H and O–H groups in total. The second-order valence-corrected chi connectivity index (χ2v) is 6.27. The van der Waals surface area contributed by atoms with E-state index in [1.807, 2.05) is 25.1 Å². The maximum absolute atomic E-state index is 10.0. The van der Waals surface area contributed by atoms with E-state index < -0.39 is 0 Å². The topological polar surface area (TPSA) is 69.1 Å². The molecule has 2 rings (SSSR count). The molecule has 1 saturated heterocycles. The van der Waals surface area contributed by atoms with Gasteiger partial charge in [0.25, 0.3) is 0 Å². The number of phenolic OH excluding ortho intramolecular Hbond substituents is 1. The quantitative estimate of drug-likeness (QED) is 0.322. The van der Waals surface area contributed by atoms with Crippen molar-refractivity contribution in [3.63, 3.8) is 0 Å². The van der Waals surface area contributed by atoms with Crippen molar-refractivity contribution in [1.29, 1.82) is 0 Å². The van der Waals surface area contributed by atoms with Crippen LogP contribution in [0.5, 0.6) is 5.75 Å². The number of phenols is 1. The lowest BCUT2D eigenvalue weighted by molar-refractivity contribution is 0.146. The van der Waals surface area contributed by atoms with Gasteiger partial charge in [-0.2, -0.15) is 0 Å². The first-order valence-electron chi connectivity index (χ1n) is 8.78. The molecule has 6 nitrogen and oxygen atoms in total. The zero-order chi connectivity index (χ0) is 17.4. The monoisotopic (exact) mass is 334 g/mol. The molecule has 0 aromatic heterocycles. The number of hydrogen-bond donors (Lipinski definition) is 3. The summed E-state index contributed by atoms with van der Waals surface area (Å²) in [4.78, 5) is 6.99. The van der Waals surface area contributed by atoms with Gasteiger partial charge in [-0.05, 0) is 39.3 Å². The number of aromatic hydroxyl groups is 1. The third kappa shape index (κ3) is 5.69. The number of rotatable bonds is 6. The molecule has 2 atom stereocenters. The van der Waals surface area contributed by atoms with E-state index in [1.165, 1.54) is 0 Å². The summed E-state index contributed by atoms with van der Waals surface area (Å²) in [6.45, 7) is 10.3. The van der Waals surface area contributed by atoms with Crippen LogP contribution >= 0.6 is 0 Å². The number of nitrogens with one attached hydrogen (secondary N) is 2. The number of anilines is 1. The Morgan fingerprint density at radius 1 is 1.33 bits per heavy atom. The number of hydrogen-bond acceptors (Lipinski definition) is 4. The van der Waals surface area contributed by atoms with Crippen LogP contribution in [0.4, 0.5) is 5.69 Å². The summed E-state index contributed by atoms with van der Waals surface area (Å²) >= 11 is 0. The van der Waals surface area contributed by atoms with E-state index in [-0.39, 0.29) is 5.75 Å². The summed E-state index contributed by atoms with van der Waals surface area (Å²) in [5.74, 6) is 1.05. The number of benzene rings is 1. The molecule has 0 bridgehead atoms. The molecule has 134 valence electrons. The van der Waals surface area contributed by atoms with Crippen molar-refractivity contribution >= 4 is 11.6 Å². The fraction of sp³-hybridized carbons (Fsp3) is 0.611. The van der Waals surface area contributed by atoms with Gasteiger partial charge in [-0.15, -0.1) is 0 Å². The zero-order valence-corrected chi connectivity index (χ0v) is 15.0. The Morgan fingerprint density at radius 2 is 2.04 bits per heavy atom. The molecule has 0 spiro atoms. The minimum atomic E-state index is 0.232. The first-order chi connectivity index (χ1) is 11.6. The van der Waals surface area contributed by atoms with Gasteiger partial charge in [-0.3, -0.25) is 4.99 Å². The van der Waals surface area contributed by atoms with Crippen molar-refractivity contribution in [2.24, 2.45) is 4.99 Å². The Labute approximate surface area is 144 Å². The molecule has 6 heteroatoms. The van der Waals surface area contributed by atoms with Crippen molar-refractivity contribution in [2.75, 3.05) is 38.2 Å². The van der Waals surface area contributed by atoms with Gasteiger partial charge in [0.15, 0.2) is 5.96 Å². The molecule has 1 fully saturated rings. The lowest BCUT2D eigenvalue weighted by atomic mass is 10.1. The van der Waals surface area contributed by atoms with E-state index in [9.17, 15) is 5.11 Å². The molecule has 1 heterocycles. The van der Waals surface area contributed by atoms with Crippen LogP contribution in [0.1, 0.15) is 27.2 Å². The second-order valence-electron chi connectivity index (χ2n) is 6.27. The van der Waals surface area contributed by atoms with Gasteiger partial charge in [-0.25, -0.2) is 0 Å². The number of piperazine rings is 1. The Hall–Kier alpha value is -1.79. The highest BCUT2D eigenvalue weighted by molar-refractivity contribution is 5.95. The molecule has 0 aliphatic carbocycles. The normalized spacial score (nSPS) is 21.8. The highest BCUT2D eigenvalue weighted by Gasteiger charge is 2.24. The van der Waals surface area contributed by atoms with Crippen LogP contribution in [0.15, 0.2) is 29.3 Å². The molecule has 1 aliphatic rings. The molecule has 1 aromatic carbocycles. The van der Waals surface area contributed by atoms with Gasteiger partial charge in [0, 0.05) is 44.9 Å². The predicted molar refractivity (Wildman–Crippen MR) is 98.8 cm³/mol. The first-order valence-corrected chi connectivity index (χ1v) is 8.78. The smallest absolute Gasteiger partial charge is 0.198 e. The third-order valence-corrected chi connectivity index (χ3v) is 3.92. The Bertz CT molecular complexity index is 526. The van der Waals surface area contributed by atoms with Gasteiger partial charge < -0.3 is 25.4 Å². The van der Waals surface area contributed by atoms with Gasteiger partial charge in [-0.1, -0.05) is 12.1 Å². The van der Waals surface area contributed by atoms with Crippen LogP contribution in [-0.2, 0) is 4.74 Å². The van der Waals surface area contributed by atoms with Crippen LogP contribution in [0.25, 0.3) is 0 Å². The summed E-state index contributed by atoms with van der Waals surface area (Å²) in [6.07, 6.45) is 0.886. The Kier molecular flexibility index (Phi) is 7.34. The minimum Gasteiger partial charge on any atom is -0.506 e. The third-order valence-electron chi connectivity index (χ3n) is 3.92. The molecule has 24 heavy (non-hydrogen) atoms. The maximum Gasteiger partial charge on any atom is 0.198 e. The van der Waals surface area contributed by atoms with Gasteiger partial charge in [0.2, 0.25) is 0 Å². The van der Waals surface area contributed by atoms with Crippen LogP contribution in [0.2, 0.25) is 0 Å². The van der Waals surface area contributed by atoms with Crippen molar-refractivity contribution < 1.29 is 9.84 Å². The Morgan fingerprint density at radius 3 is 2.71 bits per heavy atom. The second kappa shape index (κ2) is 9.49. The summed E-state index contributed by atoms with van der Waals surface area (Å²) in [7, 11) is 0. The van der Waals surface area contributed by atoms with E-state index in [2.05, 4.69) is 29.4 Å². The zero-order valence-electron chi connectivity index (χ0n) is 15.0. The Balaban J connectivity index is 2.08. The fourth-order valence-electron chi connectivity index (χ4n) is 2.91. The highest BCUT2D eigenvalue weighted by Crippen LogP contribution is 2.22. The van der Waals surface area contributed by atoms with Gasteiger partial charge >= 0.3 is 0 Å². The SMILES string of the molecule is CCOCCCN=C(Nc1ccccc1O)N1CC(C)NC(C)C1. The van der Waals surface area contributed by atoms with Gasteiger partial charge in [0.05, 0.1) is 5.69 Å². The van der Waals surface area contributed by atoms with E-state index in [0.717, 1.165) is 38.7 Å². The summed E-state index contributed by atoms with van der Waals surface area (Å²) in [6, 6.07) is 8.05. The molecule has 1 aliphatic heterocycles. The molecule has 0 saturated carbocycles. The summed E-state index contributed by atoms with van der Waals surface area (Å²) < 4.78 is 5.38. The molecule has 2 unspecified atom stereocenters. The summed E-state index contributed by atoms with van der Waals surface area (Å²) in [5.41, 5.74) is 0.680. The fourth-order valence-corrected chi connectivity index (χ4v) is 2.91. The number of nitrogens with zero attached hydrogens (tertiary/aromatic N) is 2. The average Bonchev–Trinajstić information content (AvgIpc) is 2.54. The van der Waals surface area contributed by atoms with Crippen molar-refractivity contribution in [2.45, 2.75) is 39.3 Å². The molecule has 1 aromatic rings. The van der Waals surface area contributed by atoms with Crippen molar-refractivity contribution in [3.8, 4) is 5.75 Å². The van der Waals surface area contributed by atoms with Crippen molar-refractivity contribution in [3.05, 3.63) is 24.3 Å². The lowest BCUT2D eigenvalue weighted by Crippen LogP contribution is -2.57. The number of aliphatic imine (C=N–C) groups is 1. The van der Waals surface area contributed by atoms with E-state index in [4.69, 9.17) is 9.73 Å². The number of ether oxygens (including phenoxy) is 1. The lowest BCUT2D eigenvalue weighted by Gasteiger charge is -2.38. The van der Waals surface area contributed by atoms with E-state index >= 15 is 0 Å².